The number of benzene rings is 1. The number of piperidine rings is 1. The number of carbonyl (C=O) groups excluding carboxylic acids is 1. The van der Waals surface area contributed by atoms with E-state index in [1.54, 1.807) is 6.92 Å². The van der Waals surface area contributed by atoms with Gasteiger partial charge in [0, 0.05) is 18.8 Å². The van der Waals surface area contributed by atoms with Crippen LogP contribution in [0.25, 0.3) is 0 Å². The van der Waals surface area contributed by atoms with Gasteiger partial charge in [-0.25, -0.2) is 12.7 Å². The molecule has 1 N–H and O–H groups in total. The van der Waals surface area contributed by atoms with Crippen molar-refractivity contribution in [1.29, 1.82) is 0 Å². The molecule has 0 spiro atoms. The first-order valence-corrected chi connectivity index (χ1v) is 8.88. The smallest absolute Gasteiger partial charge is 0.228 e. The number of hydrogen-bond donors (Lipinski definition) is 1. The van der Waals surface area contributed by atoms with Gasteiger partial charge in [0.1, 0.15) is 0 Å². The molecule has 0 bridgehead atoms. The van der Waals surface area contributed by atoms with Crippen molar-refractivity contribution in [3.8, 4) is 0 Å². The van der Waals surface area contributed by atoms with Crippen molar-refractivity contribution in [3.63, 3.8) is 0 Å². The highest BCUT2D eigenvalue weighted by atomic mass is 32.2. The van der Waals surface area contributed by atoms with E-state index in [4.69, 9.17) is 0 Å². The van der Waals surface area contributed by atoms with Gasteiger partial charge < -0.3 is 5.32 Å². The van der Waals surface area contributed by atoms with Gasteiger partial charge in [0.2, 0.25) is 15.9 Å². The van der Waals surface area contributed by atoms with Gasteiger partial charge in [-0.15, -0.1) is 0 Å². The number of rotatable bonds is 4. The molecule has 0 aliphatic carbocycles. The van der Waals surface area contributed by atoms with E-state index in [0.29, 0.717) is 6.54 Å². The molecule has 1 atom stereocenters. The van der Waals surface area contributed by atoms with Crippen molar-refractivity contribution < 1.29 is 13.2 Å². The summed E-state index contributed by atoms with van der Waals surface area (Å²) in [5.74, 6) is -0.295. The Hall–Kier alpha value is -1.40. The normalized spacial score (nSPS) is 20.2. The van der Waals surface area contributed by atoms with Gasteiger partial charge in [-0.3, -0.25) is 4.79 Å². The number of anilines is 1. The second-order valence-electron chi connectivity index (χ2n) is 5.46. The number of nitrogens with zero attached hydrogens (tertiary/aromatic N) is 1. The maximum Gasteiger partial charge on any atom is 0.228 e. The van der Waals surface area contributed by atoms with Gasteiger partial charge in [-0.2, -0.15) is 0 Å². The molecule has 1 saturated heterocycles. The van der Waals surface area contributed by atoms with E-state index >= 15 is 0 Å². The molecule has 1 heterocycles. The van der Waals surface area contributed by atoms with Crippen LogP contribution in [0.5, 0.6) is 0 Å². The summed E-state index contributed by atoms with van der Waals surface area (Å²) in [6, 6.07) is 7.60. The lowest BCUT2D eigenvalue weighted by Gasteiger charge is -2.30. The Labute approximate surface area is 126 Å². The molecule has 5 nitrogen and oxygen atoms in total. The van der Waals surface area contributed by atoms with Crippen molar-refractivity contribution in [1.82, 2.24) is 4.31 Å². The molecule has 1 aliphatic rings. The Morgan fingerprint density at radius 1 is 1.43 bits per heavy atom. The van der Waals surface area contributed by atoms with E-state index in [0.717, 1.165) is 24.1 Å². The zero-order chi connectivity index (χ0) is 15.5. The molecule has 1 aromatic rings. The average molecular weight is 310 g/mol. The van der Waals surface area contributed by atoms with Gasteiger partial charge in [0.25, 0.3) is 0 Å². The number of nitrogens with one attached hydrogen (secondary N) is 1. The van der Waals surface area contributed by atoms with E-state index in [-0.39, 0.29) is 24.1 Å². The van der Waals surface area contributed by atoms with Crippen LogP contribution in [0.3, 0.4) is 0 Å². The lowest BCUT2D eigenvalue weighted by atomic mass is 9.98. The molecule has 0 saturated carbocycles. The van der Waals surface area contributed by atoms with E-state index in [9.17, 15) is 13.2 Å². The molecule has 1 amide bonds. The van der Waals surface area contributed by atoms with Crippen molar-refractivity contribution >= 4 is 21.6 Å². The average Bonchev–Trinajstić information content (AvgIpc) is 2.47. The zero-order valence-electron chi connectivity index (χ0n) is 12.5. The first-order chi connectivity index (χ1) is 9.92. The largest absolute Gasteiger partial charge is 0.326 e. The minimum Gasteiger partial charge on any atom is -0.326 e. The minimum atomic E-state index is -3.21. The lowest BCUT2D eigenvalue weighted by molar-refractivity contribution is -0.120. The van der Waals surface area contributed by atoms with Crippen LogP contribution >= 0.6 is 0 Å². The molecule has 21 heavy (non-hydrogen) atoms. The highest BCUT2D eigenvalue weighted by Crippen LogP contribution is 2.21. The van der Waals surface area contributed by atoms with Crippen LogP contribution in [0.1, 0.15) is 25.3 Å². The Bertz CT molecular complexity index is 613. The first-order valence-electron chi connectivity index (χ1n) is 7.27. The molecule has 6 heteroatoms. The number of aryl methyl sites for hydroxylation is 1. The van der Waals surface area contributed by atoms with Crippen molar-refractivity contribution in [2.45, 2.75) is 26.7 Å². The SMILES string of the molecule is CCS(=O)(=O)N1CCC[C@H](C(=O)Nc2cccc(C)c2)C1. The van der Waals surface area contributed by atoms with E-state index in [2.05, 4.69) is 5.32 Å². The molecule has 0 unspecified atom stereocenters. The predicted molar refractivity (Wildman–Crippen MR) is 83.6 cm³/mol. The van der Waals surface area contributed by atoms with Crippen molar-refractivity contribution in [2.24, 2.45) is 5.92 Å². The Morgan fingerprint density at radius 3 is 2.86 bits per heavy atom. The molecule has 116 valence electrons. The summed E-state index contributed by atoms with van der Waals surface area (Å²) >= 11 is 0. The highest BCUT2D eigenvalue weighted by molar-refractivity contribution is 7.89. The Balaban J connectivity index is 2.02. The van der Waals surface area contributed by atoms with Crippen LogP contribution in [0.2, 0.25) is 0 Å². The van der Waals surface area contributed by atoms with Crippen LogP contribution in [-0.4, -0.2) is 37.5 Å². The van der Waals surface area contributed by atoms with E-state index < -0.39 is 10.0 Å². The van der Waals surface area contributed by atoms with Crippen LogP contribution in [0.15, 0.2) is 24.3 Å². The molecular weight excluding hydrogens is 288 g/mol. The lowest BCUT2D eigenvalue weighted by Crippen LogP contribution is -2.44. The summed E-state index contributed by atoms with van der Waals surface area (Å²) in [4.78, 5) is 12.3. The quantitative estimate of drug-likeness (QED) is 0.925. The van der Waals surface area contributed by atoms with Gasteiger partial charge in [-0.05, 0) is 44.4 Å². The summed E-state index contributed by atoms with van der Waals surface area (Å²) in [5.41, 5.74) is 1.84. The maximum atomic E-state index is 12.3. The van der Waals surface area contributed by atoms with Crippen LogP contribution in [0, 0.1) is 12.8 Å². The number of hydrogen-bond acceptors (Lipinski definition) is 3. The summed E-state index contributed by atoms with van der Waals surface area (Å²) < 4.78 is 25.3. The molecule has 0 radical (unpaired) electrons. The summed E-state index contributed by atoms with van der Waals surface area (Å²) in [7, 11) is -3.21. The van der Waals surface area contributed by atoms with Gasteiger partial charge in [0.05, 0.1) is 11.7 Å². The number of amides is 1. The van der Waals surface area contributed by atoms with Crippen LogP contribution < -0.4 is 5.32 Å². The predicted octanol–water partition coefficient (Wildman–Crippen LogP) is 2.00. The standard InChI is InChI=1S/C15H22N2O3S/c1-3-21(19,20)17-9-5-7-13(11-17)15(18)16-14-8-4-6-12(2)10-14/h4,6,8,10,13H,3,5,7,9,11H2,1-2H3,(H,16,18)/t13-/m0/s1. The van der Waals surface area contributed by atoms with Crippen molar-refractivity contribution in [2.75, 3.05) is 24.2 Å². The third-order valence-corrected chi connectivity index (χ3v) is 5.65. The molecule has 0 aromatic heterocycles. The van der Waals surface area contributed by atoms with Gasteiger partial charge >= 0.3 is 0 Å². The van der Waals surface area contributed by atoms with E-state index in [1.165, 1.54) is 4.31 Å². The topological polar surface area (TPSA) is 66.5 Å². The highest BCUT2D eigenvalue weighted by Gasteiger charge is 2.31. The minimum absolute atomic E-state index is 0.0826. The molecule has 2 rings (SSSR count). The molecule has 1 aliphatic heterocycles. The van der Waals surface area contributed by atoms with Crippen LogP contribution in [-0.2, 0) is 14.8 Å². The Kier molecular flexibility index (Phi) is 5.00. The summed E-state index contributed by atoms with van der Waals surface area (Å²) in [5, 5.41) is 2.88. The third kappa shape index (κ3) is 4.04. The van der Waals surface area contributed by atoms with Crippen LogP contribution in [0.4, 0.5) is 5.69 Å². The molecular formula is C15H22N2O3S. The van der Waals surface area contributed by atoms with E-state index in [1.807, 2.05) is 31.2 Å². The second kappa shape index (κ2) is 6.58. The summed E-state index contributed by atoms with van der Waals surface area (Å²) in [6.45, 7) is 4.40. The third-order valence-electron chi connectivity index (χ3n) is 3.80. The van der Waals surface area contributed by atoms with Gasteiger partial charge in [-0.1, -0.05) is 12.1 Å². The Morgan fingerprint density at radius 2 is 2.19 bits per heavy atom. The maximum absolute atomic E-state index is 12.3. The van der Waals surface area contributed by atoms with Crippen molar-refractivity contribution in [3.05, 3.63) is 29.8 Å². The van der Waals surface area contributed by atoms with Gasteiger partial charge in [0.15, 0.2) is 0 Å². The molecule has 1 fully saturated rings. The monoisotopic (exact) mass is 310 g/mol. The number of carbonyl (C=O) groups is 1. The summed E-state index contributed by atoms with van der Waals surface area (Å²) in [6.07, 6.45) is 1.46. The fourth-order valence-electron chi connectivity index (χ4n) is 2.56. The number of sulfonamides is 1. The molecule has 1 aromatic carbocycles. The zero-order valence-corrected chi connectivity index (χ0v) is 13.3. The first kappa shape index (κ1) is 16.0. The fourth-order valence-corrected chi connectivity index (χ4v) is 3.74. The second-order valence-corrected chi connectivity index (χ2v) is 7.71. The fraction of sp³-hybridized carbons (Fsp3) is 0.533.